The van der Waals surface area contributed by atoms with E-state index in [0.717, 1.165) is 17.3 Å². The molecule has 1 atom stereocenters. The van der Waals surface area contributed by atoms with E-state index in [1.165, 1.54) is 0 Å². The number of para-hydroxylation sites is 1. The average molecular weight is 398 g/mol. The number of halogens is 1. The van der Waals surface area contributed by atoms with E-state index in [1.807, 2.05) is 30.3 Å². The molecule has 7 heteroatoms. The van der Waals surface area contributed by atoms with Gasteiger partial charge in [-0.25, -0.2) is 0 Å². The summed E-state index contributed by atoms with van der Waals surface area (Å²) < 4.78 is 0. The van der Waals surface area contributed by atoms with Crippen LogP contribution in [0, 0.1) is 11.3 Å². The Morgan fingerprint density at radius 1 is 1.22 bits per heavy atom. The van der Waals surface area contributed by atoms with Crippen LogP contribution in [0.4, 0.5) is 5.69 Å². The first kappa shape index (κ1) is 19.0. The van der Waals surface area contributed by atoms with Gasteiger partial charge in [-0.2, -0.15) is 5.26 Å². The number of allylic oxidation sites excluding steroid dienone is 1. The third-order valence-electron chi connectivity index (χ3n) is 4.03. The van der Waals surface area contributed by atoms with Gasteiger partial charge in [0, 0.05) is 23.0 Å². The van der Waals surface area contributed by atoms with Gasteiger partial charge in [0.15, 0.2) is 0 Å². The Labute approximate surface area is 166 Å². The molecule has 0 radical (unpaired) electrons. The number of rotatable bonds is 5. The molecule has 1 aliphatic rings. The van der Waals surface area contributed by atoms with Crippen LogP contribution in [0.15, 0.2) is 65.2 Å². The quantitative estimate of drug-likeness (QED) is 0.797. The van der Waals surface area contributed by atoms with Gasteiger partial charge in [-0.1, -0.05) is 53.7 Å². The smallest absolute Gasteiger partial charge is 0.234 e. The van der Waals surface area contributed by atoms with Crippen molar-refractivity contribution < 1.29 is 9.59 Å². The highest BCUT2D eigenvalue weighted by Gasteiger charge is 2.29. The van der Waals surface area contributed by atoms with E-state index in [4.69, 9.17) is 11.6 Å². The Hall–Kier alpha value is -2.75. The normalized spacial score (nSPS) is 16.4. The molecule has 1 heterocycles. The van der Waals surface area contributed by atoms with E-state index in [-0.39, 0.29) is 29.9 Å². The maximum absolute atomic E-state index is 12.2. The van der Waals surface area contributed by atoms with Crippen LogP contribution in [0.25, 0.3) is 0 Å². The van der Waals surface area contributed by atoms with Crippen LogP contribution in [0.5, 0.6) is 0 Å². The number of benzene rings is 2. The van der Waals surface area contributed by atoms with E-state index in [2.05, 4.69) is 16.7 Å². The molecule has 136 valence electrons. The molecule has 0 aromatic heterocycles. The summed E-state index contributed by atoms with van der Waals surface area (Å²) in [5, 5.41) is 16.2. The number of carbonyl (C=O) groups excluding carboxylic acids is 2. The predicted octanol–water partition coefficient (Wildman–Crippen LogP) is 4.05. The summed E-state index contributed by atoms with van der Waals surface area (Å²) in [7, 11) is 0. The first-order valence-corrected chi connectivity index (χ1v) is 9.60. The number of hydrogen-bond donors (Lipinski definition) is 2. The first-order chi connectivity index (χ1) is 13.1. The summed E-state index contributed by atoms with van der Waals surface area (Å²) in [5.74, 6) is -0.650. The second kappa shape index (κ2) is 8.76. The van der Waals surface area contributed by atoms with Crippen LogP contribution in [0.3, 0.4) is 0 Å². The van der Waals surface area contributed by atoms with Crippen molar-refractivity contribution in [2.24, 2.45) is 0 Å². The van der Waals surface area contributed by atoms with E-state index in [1.54, 1.807) is 24.3 Å². The summed E-state index contributed by atoms with van der Waals surface area (Å²) >= 11 is 7.07. The van der Waals surface area contributed by atoms with Crippen LogP contribution >= 0.6 is 23.4 Å². The van der Waals surface area contributed by atoms with E-state index < -0.39 is 0 Å². The molecular weight excluding hydrogens is 382 g/mol. The van der Waals surface area contributed by atoms with Gasteiger partial charge in [-0.15, -0.1) is 0 Å². The molecule has 0 bridgehead atoms. The lowest BCUT2D eigenvalue weighted by atomic mass is 9.87. The van der Waals surface area contributed by atoms with Gasteiger partial charge in [0.2, 0.25) is 11.8 Å². The Kier molecular flexibility index (Phi) is 6.17. The summed E-state index contributed by atoms with van der Waals surface area (Å²) in [6, 6.07) is 18.4. The lowest BCUT2D eigenvalue weighted by Gasteiger charge is -2.25. The summed E-state index contributed by atoms with van der Waals surface area (Å²) in [6.45, 7) is 0. The van der Waals surface area contributed by atoms with Gasteiger partial charge in [0.05, 0.1) is 22.4 Å². The minimum Gasteiger partial charge on any atom is -0.325 e. The first-order valence-electron chi connectivity index (χ1n) is 8.24. The highest BCUT2D eigenvalue weighted by atomic mass is 35.5. The third kappa shape index (κ3) is 4.91. The van der Waals surface area contributed by atoms with Crippen LogP contribution in [0.2, 0.25) is 5.02 Å². The van der Waals surface area contributed by atoms with Crippen molar-refractivity contribution in [3.05, 3.63) is 75.8 Å². The lowest BCUT2D eigenvalue weighted by Crippen LogP contribution is -2.31. The molecular formula is C20H16ClN3O2S. The lowest BCUT2D eigenvalue weighted by molar-refractivity contribution is -0.121. The molecule has 0 fully saturated rings. The van der Waals surface area contributed by atoms with E-state index >= 15 is 0 Å². The number of hydrogen-bond acceptors (Lipinski definition) is 4. The van der Waals surface area contributed by atoms with Gasteiger partial charge in [0.1, 0.15) is 0 Å². The molecule has 0 aliphatic carbocycles. The zero-order valence-electron chi connectivity index (χ0n) is 14.2. The Morgan fingerprint density at radius 3 is 2.59 bits per heavy atom. The number of amides is 2. The minimum atomic E-state index is -0.347. The summed E-state index contributed by atoms with van der Waals surface area (Å²) in [6.07, 6.45) is 0.185. The van der Waals surface area contributed by atoms with Gasteiger partial charge < -0.3 is 10.6 Å². The van der Waals surface area contributed by atoms with Crippen molar-refractivity contribution in [3.63, 3.8) is 0 Å². The second-order valence-corrected chi connectivity index (χ2v) is 7.34. The monoisotopic (exact) mass is 397 g/mol. The molecule has 0 spiro atoms. The highest BCUT2D eigenvalue weighted by Crippen LogP contribution is 2.36. The maximum atomic E-state index is 12.2. The Balaban J connectivity index is 1.75. The molecule has 27 heavy (non-hydrogen) atoms. The van der Waals surface area contributed by atoms with E-state index in [0.29, 0.717) is 21.3 Å². The zero-order chi connectivity index (χ0) is 19.2. The van der Waals surface area contributed by atoms with Crippen LogP contribution in [-0.2, 0) is 9.59 Å². The fourth-order valence-electron chi connectivity index (χ4n) is 2.77. The SMILES string of the molecule is N#CC1=C(SCC(=O)Nc2ccccc2)NC(=O)C[C@H]1c1ccc(Cl)cc1. The second-order valence-electron chi connectivity index (χ2n) is 5.91. The average Bonchev–Trinajstić information content (AvgIpc) is 2.67. The molecule has 0 saturated carbocycles. The molecule has 2 N–H and O–H groups in total. The number of anilines is 1. The van der Waals surface area contributed by atoms with Crippen molar-refractivity contribution in [2.45, 2.75) is 12.3 Å². The molecule has 2 aromatic carbocycles. The number of carbonyl (C=O) groups is 2. The molecule has 0 unspecified atom stereocenters. The molecule has 3 rings (SSSR count). The van der Waals surface area contributed by atoms with Crippen molar-refractivity contribution in [3.8, 4) is 6.07 Å². The van der Waals surface area contributed by atoms with Crippen molar-refractivity contribution in [2.75, 3.05) is 11.1 Å². The third-order valence-corrected chi connectivity index (χ3v) is 5.30. The number of thioether (sulfide) groups is 1. The molecule has 2 amide bonds. The number of nitrogens with one attached hydrogen (secondary N) is 2. The topological polar surface area (TPSA) is 82.0 Å². The van der Waals surface area contributed by atoms with Crippen LogP contribution in [0.1, 0.15) is 17.9 Å². The largest absolute Gasteiger partial charge is 0.325 e. The van der Waals surface area contributed by atoms with Gasteiger partial charge in [0.25, 0.3) is 0 Å². The number of nitriles is 1. The maximum Gasteiger partial charge on any atom is 0.234 e. The zero-order valence-corrected chi connectivity index (χ0v) is 15.8. The van der Waals surface area contributed by atoms with Crippen molar-refractivity contribution in [1.29, 1.82) is 5.26 Å². The summed E-state index contributed by atoms with van der Waals surface area (Å²) in [4.78, 5) is 24.3. The standard InChI is InChI=1S/C20H16ClN3O2S/c21-14-8-6-13(7-9-14)16-10-18(25)24-20(17(16)11-22)27-12-19(26)23-15-4-2-1-3-5-15/h1-9,16H,10,12H2,(H,23,26)(H,24,25)/t16-/m0/s1. The van der Waals surface area contributed by atoms with Crippen molar-refractivity contribution >= 4 is 40.9 Å². The highest BCUT2D eigenvalue weighted by molar-refractivity contribution is 8.03. The Morgan fingerprint density at radius 2 is 1.93 bits per heavy atom. The minimum absolute atomic E-state index is 0.0863. The fourth-order valence-corrected chi connectivity index (χ4v) is 3.77. The van der Waals surface area contributed by atoms with Gasteiger partial charge in [-0.05, 0) is 29.8 Å². The summed E-state index contributed by atoms with van der Waals surface area (Å²) in [5.41, 5.74) is 2.00. The number of nitrogens with zero attached hydrogens (tertiary/aromatic N) is 1. The molecule has 0 saturated heterocycles. The van der Waals surface area contributed by atoms with Gasteiger partial charge in [-0.3, -0.25) is 9.59 Å². The predicted molar refractivity (Wildman–Crippen MR) is 107 cm³/mol. The van der Waals surface area contributed by atoms with E-state index in [9.17, 15) is 14.9 Å². The molecule has 2 aromatic rings. The molecule has 1 aliphatic heterocycles. The van der Waals surface area contributed by atoms with Crippen LogP contribution < -0.4 is 10.6 Å². The van der Waals surface area contributed by atoms with Crippen molar-refractivity contribution in [1.82, 2.24) is 5.32 Å². The van der Waals surface area contributed by atoms with Crippen LogP contribution in [-0.4, -0.2) is 17.6 Å². The Bertz CT molecular complexity index is 920. The molecule has 5 nitrogen and oxygen atoms in total. The fraction of sp³-hybridized carbons (Fsp3) is 0.150. The van der Waals surface area contributed by atoms with Gasteiger partial charge >= 0.3 is 0 Å².